The predicted octanol–water partition coefficient (Wildman–Crippen LogP) is 1.39. The van der Waals surface area contributed by atoms with Crippen LogP contribution in [0.2, 0.25) is 5.02 Å². The standard InChI is InChI=1S/C14H19ClN2O2/c1-17(2)10-12(18)9-16-14(19)8-7-11-5-3-4-6-13(11)15/h3-8,12,18H,9-10H2,1-2H3,(H,16,19)/b8-7+. The average molecular weight is 283 g/mol. The van der Waals surface area contributed by atoms with Crippen molar-refractivity contribution < 1.29 is 9.90 Å². The van der Waals surface area contributed by atoms with Crippen LogP contribution in [-0.4, -0.2) is 49.2 Å². The summed E-state index contributed by atoms with van der Waals surface area (Å²) in [6.07, 6.45) is 2.48. The van der Waals surface area contributed by atoms with E-state index < -0.39 is 6.10 Å². The predicted molar refractivity (Wildman–Crippen MR) is 78.1 cm³/mol. The van der Waals surface area contributed by atoms with Crippen molar-refractivity contribution in [1.29, 1.82) is 0 Å². The molecule has 1 aromatic rings. The second kappa shape index (κ2) is 7.94. The summed E-state index contributed by atoms with van der Waals surface area (Å²) in [5, 5.41) is 12.8. The number of carbonyl (C=O) groups is 1. The summed E-state index contributed by atoms with van der Waals surface area (Å²) in [6, 6.07) is 7.27. The largest absolute Gasteiger partial charge is 0.390 e. The maximum atomic E-state index is 11.6. The van der Waals surface area contributed by atoms with E-state index in [1.54, 1.807) is 12.1 Å². The van der Waals surface area contributed by atoms with Gasteiger partial charge in [0.2, 0.25) is 5.91 Å². The van der Waals surface area contributed by atoms with E-state index in [0.29, 0.717) is 11.6 Å². The monoisotopic (exact) mass is 282 g/mol. The Kier molecular flexibility index (Phi) is 6.56. The quantitative estimate of drug-likeness (QED) is 0.776. The lowest BCUT2D eigenvalue weighted by atomic mass is 10.2. The Morgan fingerprint density at radius 1 is 1.47 bits per heavy atom. The van der Waals surface area contributed by atoms with Gasteiger partial charge in [0.25, 0.3) is 0 Å². The van der Waals surface area contributed by atoms with Crippen molar-refractivity contribution in [2.45, 2.75) is 6.10 Å². The van der Waals surface area contributed by atoms with Crippen LogP contribution in [-0.2, 0) is 4.79 Å². The maximum absolute atomic E-state index is 11.6. The first-order valence-corrected chi connectivity index (χ1v) is 6.40. The van der Waals surface area contributed by atoms with Crippen molar-refractivity contribution >= 4 is 23.6 Å². The van der Waals surface area contributed by atoms with E-state index in [2.05, 4.69) is 5.32 Å². The lowest BCUT2D eigenvalue weighted by Crippen LogP contribution is -2.37. The third-order valence-electron chi connectivity index (χ3n) is 2.41. The first-order valence-electron chi connectivity index (χ1n) is 6.02. The number of benzene rings is 1. The number of nitrogens with one attached hydrogen (secondary N) is 1. The molecule has 4 nitrogen and oxygen atoms in total. The summed E-state index contributed by atoms with van der Waals surface area (Å²) in [7, 11) is 3.73. The second-order valence-corrected chi connectivity index (χ2v) is 4.92. The van der Waals surface area contributed by atoms with E-state index in [1.165, 1.54) is 6.08 Å². The summed E-state index contributed by atoms with van der Waals surface area (Å²) in [5.74, 6) is -0.252. The molecule has 0 aliphatic carbocycles. The van der Waals surface area contributed by atoms with Gasteiger partial charge < -0.3 is 15.3 Å². The van der Waals surface area contributed by atoms with Crippen molar-refractivity contribution in [3.05, 3.63) is 40.9 Å². The summed E-state index contributed by atoms with van der Waals surface area (Å²) in [4.78, 5) is 13.4. The van der Waals surface area contributed by atoms with Crippen LogP contribution in [0.4, 0.5) is 0 Å². The van der Waals surface area contributed by atoms with Crippen molar-refractivity contribution in [2.24, 2.45) is 0 Å². The van der Waals surface area contributed by atoms with Crippen LogP contribution in [0.25, 0.3) is 6.08 Å². The number of carbonyl (C=O) groups excluding carboxylic acids is 1. The molecule has 104 valence electrons. The molecule has 0 fully saturated rings. The zero-order valence-electron chi connectivity index (χ0n) is 11.1. The lowest BCUT2D eigenvalue weighted by molar-refractivity contribution is -0.116. The Hall–Kier alpha value is -1.36. The molecule has 19 heavy (non-hydrogen) atoms. The van der Waals surface area contributed by atoms with Gasteiger partial charge in [-0.3, -0.25) is 4.79 Å². The molecule has 1 atom stereocenters. The lowest BCUT2D eigenvalue weighted by Gasteiger charge is -2.15. The number of hydrogen-bond donors (Lipinski definition) is 2. The molecule has 0 spiro atoms. The van der Waals surface area contributed by atoms with E-state index in [-0.39, 0.29) is 12.5 Å². The molecule has 0 heterocycles. The minimum absolute atomic E-state index is 0.226. The van der Waals surface area contributed by atoms with Crippen molar-refractivity contribution in [1.82, 2.24) is 10.2 Å². The minimum Gasteiger partial charge on any atom is -0.390 e. The maximum Gasteiger partial charge on any atom is 0.244 e. The number of aliphatic hydroxyl groups is 1. The van der Waals surface area contributed by atoms with Crippen LogP contribution >= 0.6 is 11.6 Å². The highest BCUT2D eigenvalue weighted by Crippen LogP contribution is 2.15. The van der Waals surface area contributed by atoms with Gasteiger partial charge in [-0.1, -0.05) is 29.8 Å². The molecule has 2 N–H and O–H groups in total. The highest BCUT2D eigenvalue weighted by Gasteiger charge is 2.06. The molecule has 0 aromatic heterocycles. The molecule has 1 unspecified atom stereocenters. The Morgan fingerprint density at radius 2 is 2.16 bits per heavy atom. The van der Waals surface area contributed by atoms with Gasteiger partial charge >= 0.3 is 0 Å². The second-order valence-electron chi connectivity index (χ2n) is 4.52. The van der Waals surface area contributed by atoms with Gasteiger partial charge in [0.15, 0.2) is 0 Å². The number of hydrogen-bond acceptors (Lipinski definition) is 3. The first kappa shape index (κ1) is 15.7. The third-order valence-corrected chi connectivity index (χ3v) is 2.75. The van der Waals surface area contributed by atoms with E-state index in [9.17, 15) is 9.90 Å². The Balaban J connectivity index is 2.41. The van der Waals surface area contributed by atoms with Crippen molar-refractivity contribution in [2.75, 3.05) is 27.2 Å². The Morgan fingerprint density at radius 3 is 2.79 bits per heavy atom. The summed E-state index contributed by atoms with van der Waals surface area (Å²) in [5.41, 5.74) is 0.785. The number of likely N-dealkylation sites (N-methyl/N-ethyl adjacent to an activating group) is 1. The molecular weight excluding hydrogens is 264 g/mol. The molecule has 1 rings (SSSR count). The van der Waals surface area contributed by atoms with Crippen LogP contribution < -0.4 is 5.32 Å². The minimum atomic E-state index is -0.576. The van der Waals surface area contributed by atoms with Crippen molar-refractivity contribution in [3.63, 3.8) is 0 Å². The SMILES string of the molecule is CN(C)CC(O)CNC(=O)/C=C/c1ccccc1Cl. The van der Waals surface area contributed by atoms with Crippen LogP contribution in [0.3, 0.4) is 0 Å². The van der Waals surface area contributed by atoms with Crippen LogP contribution in [0.15, 0.2) is 30.3 Å². The molecule has 0 saturated carbocycles. The van der Waals surface area contributed by atoms with E-state index in [4.69, 9.17) is 11.6 Å². The summed E-state index contributed by atoms with van der Waals surface area (Å²) in [6.45, 7) is 0.735. The van der Waals surface area contributed by atoms with Gasteiger partial charge in [0, 0.05) is 24.2 Å². The van der Waals surface area contributed by atoms with E-state index in [1.807, 2.05) is 37.2 Å². The van der Waals surface area contributed by atoms with Gasteiger partial charge in [0.1, 0.15) is 0 Å². The van der Waals surface area contributed by atoms with Gasteiger partial charge in [-0.25, -0.2) is 0 Å². The van der Waals surface area contributed by atoms with Gasteiger partial charge in [0.05, 0.1) is 6.10 Å². The Labute approximate surface area is 118 Å². The number of rotatable bonds is 6. The molecule has 1 aromatic carbocycles. The smallest absolute Gasteiger partial charge is 0.244 e. The van der Waals surface area contributed by atoms with Crippen molar-refractivity contribution in [3.8, 4) is 0 Å². The summed E-state index contributed by atoms with van der Waals surface area (Å²) >= 11 is 5.96. The van der Waals surface area contributed by atoms with E-state index in [0.717, 1.165) is 5.56 Å². The van der Waals surface area contributed by atoms with Crippen LogP contribution in [0.1, 0.15) is 5.56 Å². The van der Waals surface area contributed by atoms with Gasteiger partial charge in [-0.15, -0.1) is 0 Å². The molecule has 0 saturated heterocycles. The van der Waals surface area contributed by atoms with E-state index >= 15 is 0 Å². The molecule has 0 aliphatic rings. The molecule has 0 radical (unpaired) electrons. The highest BCUT2D eigenvalue weighted by molar-refractivity contribution is 6.32. The molecule has 1 amide bonds. The zero-order valence-corrected chi connectivity index (χ0v) is 11.9. The molecular formula is C14H19ClN2O2. The fourth-order valence-corrected chi connectivity index (χ4v) is 1.74. The molecule has 0 bridgehead atoms. The highest BCUT2D eigenvalue weighted by atomic mass is 35.5. The van der Waals surface area contributed by atoms with Crippen LogP contribution in [0, 0.1) is 0 Å². The fourth-order valence-electron chi connectivity index (χ4n) is 1.54. The van der Waals surface area contributed by atoms with Crippen LogP contribution in [0.5, 0.6) is 0 Å². The number of aliphatic hydroxyl groups excluding tert-OH is 1. The summed E-state index contributed by atoms with van der Waals surface area (Å²) < 4.78 is 0. The van der Waals surface area contributed by atoms with Gasteiger partial charge in [-0.2, -0.15) is 0 Å². The average Bonchev–Trinajstić information content (AvgIpc) is 2.34. The Bertz CT molecular complexity index is 447. The number of halogens is 1. The third kappa shape index (κ3) is 6.38. The first-order chi connectivity index (χ1) is 8.99. The topological polar surface area (TPSA) is 52.6 Å². The number of nitrogens with zero attached hydrogens (tertiary/aromatic N) is 1. The molecule has 5 heteroatoms. The number of amides is 1. The normalized spacial score (nSPS) is 12.9. The molecule has 0 aliphatic heterocycles. The zero-order chi connectivity index (χ0) is 14.3. The van der Waals surface area contributed by atoms with Gasteiger partial charge in [-0.05, 0) is 31.8 Å². The fraction of sp³-hybridized carbons (Fsp3) is 0.357.